The summed E-state index contributed by atoms with van der Waals surface area (Å²) in [5, 5.41) is 9.41. The topological polar surface area (TPSA) is 118 Å². The fraction of sp³-hybridized carbons (Fsp3) is 0.0588. The minimum atomic E-state index is -0.730. The van der Waals surface area contributed by atoms with Gasteiger partial charge in [-0.05, 0) is 36.4 Å². The average Bonchev–Trinajstić information content (AvgIpc) is 2.61. The molecule has 2 aromatic carbocycles. The minimum Gasteiger partial charge on any atom is -0.497 e. The first-order valence-electron chi connectivity index (χ1n) is 7.20. The van der Waals surface area contributed by atoms with Crippen molar-refractivity contribution in [1.29, 1.82) is 0 Å². The number of ether oxygens (including phenoxy) is 1. The lowest BCUT2D eigenvalue weighted by Crippen LogP contribution is -2.21. The number of benzene rings is 2. The maximum Gasteiger partial charge on any atom is 0.317 e. The molecule has 126 valence electrons. The minimum absolute atomic E-state index is 0.00189. The summed E-state index contributed by atoms with van der Waals surface area (Å²) < 4.78 is 10.7. The predicted octanol–water partition coefficient (Wildman–Crippen LogP) is 2.57. The summed E-state index contributed by atoms with van der Waals surface area (Å²) in [6.45, 7) is 0. The van der Waals surface area contributed by atoms with Gasteiger partial charge in [-0.1, -0.05) is 0 Å². The number of methoxy groups -OCH3 is 1. The summed E-state index contributed by atoms with van der Waals surface area (Å²) in [4.78, 5) is 26.7. The van der Waals surface area contributed by atoms with E-state index in [9.17, 15) is 9.70 Å². The summed E-state index contributed by atoms with van der Waals surface area (Å²) in [6, 6.07) is 12.5. The summed E-state index contributed by atoms with van der Waals surface area (Å²) in [6.07, 6.45) is 0. The van der Waals surface area contributed by atoms with Crippen LogP contribution < -0.4 is 16.0 Å². The number of rotatable bonds is 4. The Bertz CT molecular complexity index is 1040. The first-order chi connectivity index (χ1) is 12.0. The van der Waals surface area contributed by atoms with Crippen molar-refractivity contribution in [2.45, 2.75) is 0 Å². The van der Waals surface area contributed by atoms with Gasteiger partial charge in [0.1, 0.15) is 16.9 Å². The highest BCUT2D eigenvalue weighted by atomic mass is 16.6. The molecule has 25 heavy (non-hydrogen) atoms. The van der Waals surface area contributed by atoms with E-state index in [4.69, 9.17) is 20.1 Å². The molecule has 3 aromatic rings. The number of primary amides is 1. The zero-order valence-corrected chi connectivity index (χ0v) is 13.2. The van der Waals surface area contributed by atoms with Crippen LogP contribution in [-0.4, -0.2) is 23.1 Å². The Labute approximate surface area is 141 Å². The molecule has 8 heteroatoms. The SMILES string of the molecule is COc1ccc(/N=c2\oc3ccc([N+](=O)O)cc3cc2C(N)=O)cc1. The first-order valence-corrected chi connectivity index (χ1v) is 7.20. The summed E-state index contributed by atoms with van der Waals surface area (Å²) in [7, 11) is 1.56. The van der Waals surface area contributed by atoms with Crippen molar-refractivity contribution < 1.29 is 24.1 Å². The van der Waals surface area contributed by atoms with Crippen LogP contribution in [0.25, 0.3) is 11.0 Å². The van der Waals surface area contributed by atoms with E-state index in [1.807, 2.05) is 0 Å². The standard InChI is InChI=1S/C17H13N3O5/c1-24-13-5-2-11(3-6-13)19-17-14(16(18)21)9-10-8-12(20(22)23)4-7-15(10)25-17/h2-9H,1H3,(H2-,18,21,22,23)/p+1/b19-17-. The van der Waals surface area contributed by atoms with Crippen LogP contribution in [0.15, 0.2) is 57.9 Å². The van der Waals surface area contributed by atoms with E-state index in [1.54, 1.807) is 31.4 Å². The zero-order chi connectivity index (χ0) is 18.0. The van der Waals surface area contributed by atoms with E-state index in [0.29, 0.717) is 22.4 Å². The molecular weight excluding hydrogens is 326 g/mol. The molecule has 3 rings (SSSR count). The molecule has 0 aliphatic heterocycles. The van der Waals surface area contributed by atoms with Crippen LogP contribution in [0.3, 0.4) is 0 Å². The largest absolute Gasteiger partial charge is 0.497 e. The van der Waals surface area contributed by atoms with Gasteiger partial charge in [-0.3, -0.25) is 4.79 Å². The molecule has 1 heterocycles. The molecule has 0 saturated carbocycles. The van der Waals surface area contributed by atoms with E-state index >= 15 is 0 Å². The Balaban J connectivity index is 2.20. The van der Waals surface area contributed by atoms with Gasteiger partial charge in [0, 0.05) is 17.5 Å². The second kappa shape index (κ2) is 6.44. The molecule has 0 saturated heterocycles. The van der Waals surface area contributed by atoms with Crippen LogP contribution in [-0.2, 0) is 0 Å². The van der Waals surface area contributed by atoms with Gasteiger partial charge in [0.25, 0.3) is 10.8 Å². The summed E-state index contributed by atoms with van der Waals surface area (Å²) in [5.74, 6) is -0.0606. The quantitative estimate of drug-likeness (QED) is 0.708. The van der Waals surface area contributed by atoms with Gasteiger partial charge in [0.15, 0.2) is 0 Å². The van der Waals surface area contributed by atoms with Gasteiger partial charge < -0.3 is 14.9 Å². The van der Waals surface area contributed by atoms with E-state index in [2.05, 4.69) is 4.99 Å². The van der Waals surface area contributed by atoms with Crippen molar-refractivity contribution in [2.24, 2.45) is 10.7 Å². The lowest BCUT2D eigenvalue weighted by Gasteiger charge is -2.02. The third-order valence-corrected chi connectivity index (χ3v) is 3.52. The monoisotopic (exact) mass is 340 g/mol. The second-order valence-corrected chi connectivity index (χ2v) is 5.13. The highest BCUT2D eigenvalue weighted by Gasteiger charge is 2.15. The number of hydrogen-bond acceptors (Lipinski definition) is 5. The number of nitrogens with zero attached hydrogens (tertiary/aromatic N) is 2. The number of carbonyl (C=O) groups excluding carboxylic acids is 1. The maximum absolute atomic E-state index is 11.7. The van der Waals surface area contributed by atoms with Crippen molar-refractivity contribution >= 4 is 28.3 Å². The Kier molecular flexibility index (Phi) is 4.17. The van der Waals surface area contributed by atoms with Gasteiger partial charge in [-0.2, -0.15) is 0 Å². The number of hydrogen-bond donors (Lipinski definition) is 2. The molecule has 8 nitrogen and oxygen atoms in total. The molecule has 0 aliphatic carbocycles. The number of fused-ring (bicyclic) bond motifs is 1. The molecule has 1 aromatic heterocycles. The molecule has 0 fully saturated rings. The predicted molar refractivity (Wildman–Crippen MR) is 88.0 cm³/mol. The van der Waals surface area contributed by atoms with Crippen molar-refractivity contribution in [2.75, 3.05) is 7.11 Å². The van der Waals surface area contributed by atoms with E-state index in [0.717, 1.165) is 0 Å². The molecule has 0 atom stereocenters. The van der Waals surface area contributed by atoms with Crippen LogP contribution in [0, 0.1) is 4.91 Å². The molecule has 0 aliphatic rings. The smallest absolute Gasteiger partial charge is 0.317 e. The van der Waals surface area contributed by atoms with Gasteiger partial charge in [0.2, 0.25) is 5.55 Å². The molecule has 3 N–H and O–H groups in total. The lowest BCUT2D eigenvalue weighted by molar-refractivity contribution is -0.729. The molecule has 0 spiro atoms. The molecule has 1 amide bonds. The van der Waals surface area contributed by atoms with E-state index in [1.165, 1.54) is 24.3 Å². The van der Waals surface area contributed by atoms with Crippen LogP contribution in [0.2, 0.25) is 0 Å². The molecule has 0 bridgehead atoms. The fourth-order valence-electron chi connectivity index (χ4n) is 2.27. The van der Waals surface area contributed by atoms with Crippen molar-refractivity contribution in [3.8, 4) is 5.75 Å². The average molecular weight is 340 g/mol. The van der Waals surface area contributed by atoms with Gasteiger partial charge in [-0.15, -0.1) is 0 Å². The first kappa shape index (κ1) is 16.2. The Morgan fingerprint density at radius 1 is 1.20 bits per heavy atom. The lowest BCUT2D eigenvalue weighted by atomic mass is 10.1. The Hall–Kier alpha value is -3.68. The van der Waals surface area contributed by atoms with E-state index < -0.39 is 5.91 Å². The fourth-order valence-corrected chi connectivity index (χ4v) is 2.27. The van der Waals surface area contributed by atoms with Crippen molar-refractivity contribution in [3.05, 3.63) is 64.6 Å². The van der Waals surface area contributed by atoms with Gasteiger partial charge in [0.05, 0.1) is 17.7 Å². The zero-order valence-electron chi connectivity index (χ0n) is 13.2. The normalized spacial score (nSPS) is 11.5. The maximum atomic E-state index is 11.7. The summed E-state index contributed by atoms with van der Waals surface area (Å²) >= 11 is 0. The van der Waals surface area contributed by atoms with E-state index in [-0.39, 0.29) is 21.7 Å². The van der Waals surface area contributed by atoms with Crippen molar-refractivity contribution in [1.82, 2.24) is 0 Å². The van der Waals surface area contributed by atoms with Crippen LogP contribution in [0.4, 0.5) is 11.4 Å². The molecular formula is C17H14N3O5+. The van der Waals surface area contributed by atoms with Crippen LogP contribution in [0.5, 0.6) is 5.75 Å². The highest BCUT2D eigenvalue weighted by Crippen LogP contribution is 2.21. The molecule has 0 radical (unpaired) electrons. The van der Waals surface area contributed by atoms with Crippen molar-refractivity contribution in [3.63, 3.8) is 0 Å². The molecule has 0 unspecified atom stereocenters. The summed E-state index contributed by atoms with van der Waals surface area (Å²) in [5.41, 5.74) is 6.42. The number of amides is 1. The second-order valence-electron chi connectivity index (χ2n) is 5.13. The Morgan fingerprint density at radius 3 is 2.52 bits per heavy atom. The van der Waals surface area contributed by atoms with Gasteiger partial charge >= 0.3 is 5.69 Å². The van der Waals surface area contributed by atoms with Gasteiger partial charge in [-0.25, -0.2) is 10.2 Å². The number of carbonyl (C=O) groups is 1. The third-order valence-electron chi connectivity index (χ3n) is 3.52. The third kappa shape index (κ3) is 3.32. The van der Waals surface area contributed by atoms with Crippen LogP contribution in [0.1, 0.15) is 10.4 Å². The Morgan fingerprint density at radius 2 is 1.92 bits per heavy atom. The number of nitrogens with two attached hydrogens (primary N) is 1. The highest BCUT2D eigenvalue weighted by molar-refractivity contribution is 5.95. The van der Waals surface area contributed by atoms with Crippen LogP contribution >= 0.6 is 0 Å².